The number of pyridine rings is 1. The van der Waals surface area contributed by atoms with Crippen molar-refractivity contribution < 1.29 is 19.0 Å². The van der Waals surface area contributed by atoms with Crippen LogP contribution in [0.25, 0.3) is 22.2 Å². The van der Waals surface area contributed by atoms with E-state index in [0.29, 0.717) is 44.0 Å². The maximum atomic E-state index is 12.5. The number of nitrogens with zero attached hydrogens (tertiary/aromatic N) is 6. The molecule has 51 heavy (non-hydrogen) atoms. The molecule has 0 saturated carbocycles. The molecule has 0 spiro atoms. The molecule has 0 unspecified atom stereocenters. The largest absolute Gasteiger partial charge is 0.473 e. The zero-order chi connectivity index (χ0) is 35.4. The summed E-state index contributed by atoms with van der Waals surface area (Å²) in [4.78, 5) is 24.2. The highest BCUT2D eigenvalue weighted by atomic mass is 16.6. The van der Waals surface area contributed by atoms with Gasteiger partial charge in [0, 0.05) is 70.0 Å². The molecule has 1 amide bonds. The van der Waals surface area contributed by atoms with Crippen molar-refractivity contribution in [2.45, 2.75) is 46.0 Å². The van der Waals surface area contributed by atoms with Crippen LogP contribution in [0.3, 0.4) is 0 Å². The monoisotopic (exact) mass is 688 g/mol. The van der Waals surface area contributed by atoms with E-state index in [1.165, 1.54) is 5.69 Å². The Balaban J connectivity index is 1.04. The van der Waals surface area contributed by atoms with E-state index in [0.717, 1.165) is 72.4 Å². The summed E-state index contributed by atoms with van der Waals surface area (Å²) in [5.41, 5.74) is 5.58. The Bertz CT molecular complexity index is 1930. The molecule has 2 fully saturated rings. The highest BCUT2D eigenvalue weighted by molar-refractivity contribution is 5.96. The van der Waals surface area contributed by atoms with Crippen molar-refractivity contribution in [2.75, 3.05) is 50.7 Å². The second-order valence-electron chi connectivity index (χ2n) is 14.6. The van der Waals surface area contributed by atoms with Crippen LogP contribution in [0.2, 0.25) is 0 Å². The Morgan fingerprint density at radius 2 is 1.51 bits per heavy atom. The number of fused-ring (bicyclic) bond motifs is 1. The van der Waals surface area contributed by atoms with Crippen molar-refractivity contribution in [1.82, 2.24) is 24.6 Å². The van der Waals surface area contributed by atoms with Gasteiger partial charge >= 0.3 is 6.09 Å². The molecule has 5 aromatic rings. The van der Waals surface area contributed by atoms with E-state index >= 15 is 0 Å². The summed E-state index contributed by atoms with van der Waals surface area (Å²) in [6.45, 7) is 12.8. The molecule has 0 radical (unpaired) electrons. The van der Waals surface area contributed by atoms with E-state index in [1.54, 1.807) is 0 Å². The third kappa shape index (κ3) is 8.45. The molecule has 2 saturated heterocycles. The molecule has 7 rings (SSSR count). The lowest BCUT2D eigenvalue weighted by Crippen LogP contribution is -2.51. The van der Waals surface area contributed by atoms with Gasteiger partial charge in [0.05, 0.1) is 11.1 Å². The third-order valence-electron chi connectivity index (χ3n) is 9.56. The van der Waals surface area contributed by atoms with E-state index in [2.05, 4.69) is 28.0 Å². The van der Waals surface area contributed by atoms with E-state index in [4.69, 9.17) is 24.3 Å². The minimum Gasteiger partial charge on any atom is -0.473 e. The first kappa shape index (κ1) is 34.4. The Morgan fingerprint density at radius 3 is 2.20 bits per heavy atom. The van der Waals surface area contributed by atoms with Crippen molar-refractivity contribution in [2.24, 2.45) is 13.0 Å². The van der Waals surface area contributed by atoms with Crippen molar-refractivity contribution in [1.29, 1.82) is 0 Å². The molecule has 10 nitrogen and oxygen atoms in total. The minimum absolute atomic E-state index is 0.208. The summed E-state index contributed by atoms with van der Waals surface area (Å²) >= 11 is 0. The Morgan fingerprint density at radius 1 is 0.824 bits per heavy atom. The molecule has 3 aromatic carbocycles. The van der Waals surface area contributed by atoms with Crippen LogP contribution in [0.1, 0.15) is 38.3 Å². The zero-order valence-electron chi connectivity index (χ0n) is 30.1. The fourth-order valence-corrected chi connectivity index (χ4v) is 6.91. The number of aryl methyl sites for hydroxylation is 1. The van der Waals surface area contributed by atoms with Crippen LogP contribution >= 0.6 is 0 Å². The highest BCUT2D eigenvalue weighted by Crippen LogP contribution is 2.37. The van der Waals surface area contributed by atoms with Gasteiger partial charge in [-0.05, 0) is 68.5 Å². The van der Waals surface area contributed by atoms with Gasteiger partial charge < -0.3 is 24.0 Å². The number of ether oxygens (including phenoxy) is 3. The molecule has 4 heterocycles. The van der Waals surface area contributed by atoms with Crippen LogP contribution < -0.4 is 14.4 Å². The predicted molar refractivity (Wildman–Crippen MR) is 200 cm³/mol. The van der Waals surface area contributed by atoms with Crippen molar-refractivity contribution in [3.05, 3.63) is 102 Å². The number of anilines is 1. The maximum absolute atomic E-state index is 12.5. The fraction of sp³-hybridized carbons (Fsp3) is 0.390. The third-order valence-corrected chi connectivity index (χ3v) is 9.56. The van der Waals surface area contributed by atoms with Crippen molar-refractivity contribution in [3.63, 3.8) is 0 Å². The van der Waals surface area contributed by atoms with E-state index < -0.39 is 5.60 Å². The van der Waals surface area contributed by atoms with Gasteiger partial charge in [0.1, 0.15) is 24.5 Å². The Hall–Kier alpha value is -5.09. The number of rotatable bonds is 10. The second-order valence-corrected chi connectivity index (χ2v) is 14.6. The molecule has 2 aromatic heterocycles. The lowest BCUT2D eigenvalue weighted by atomic mass is 10.1. The number of carbonyl (C=O) groups is 1. The van der Waals surface area contributed by atoms with Gasteiger partial charge in [0.25, 0.3) is 0 Å². The number of benzene rings is 3. The first-order chi connectivity index (χ1) is 24.7. The van der Waals surface area contributed by atoms with Gasteiger partial charge in [0.2, 0.25) is 11.8 Å². The van der Waals surface area contributed by atoms with Gasteiger partial charge in [-0.1, -0.05) is 60.7 Å². The molecule has 0 aliphatic carbocycles. The van der Waals surface area contributed by atoms with Gasteiger partial charge in [-0.25, -0.2) is 4.79 Å². The maximum Gasteiger partial charge on any atom is 0.410 e. The van der Waals surface area contributed by atoms with Crippen LogP contribution in [0, 0.1) is 5.92 Å². The number of amides is 1. The van der Waals surface area contributed by atoms with Gasteiger partial charge in [-0.2, -0.15) is 10.1 Å². The minimum atomic E-state index is -0.470. The van der Waals surface area contributed by atoms with Crippen LogP contribution in [-0.4, -0.2) is 82.1 Å². The molecule has 1 atom stereocenters. The van der Waals surface area contributed by atoms with Crippen LogP contribution in [-0.2, 0) is 25.0 Å². The lowest BCUT2D eigenvalue weighted by Gasteiger charge is -2.36. The lowest BCUT2D eigenvalue weighted by molar-refractivity contribution is 0.0135. The molecule has 266 valence electrons. The molecule has 10 heteroatoms. The topological polar surface area (TPSA) is 85.2 Å². The first-order valence-corrected chi connectivity index (χ1v) is 18.0. The summed E-state index contributed by atoms with van der Waals surface area (Å²) in [5, 5.41) is 6.04. The second kappa shape index (κ2) is 15.0. The number of hydrogen-bond donors (Lipinski definition) is 0. The molecule has 2 aliphatic rings. The molecular formula is C41H48N6O4. The molecule has 0 bridgehead atoms. The zero-order valence-corrected chi connectivity index (χ0v) is 30.1. The molecule has 2 aliphatic heterocycles. The first-order valence-electron chi connectivity index (χ1n) is 18.0. The number of carbonyl (C=O) groups excluding carboxylic acids is 1. The predicted octanol–water partition coefficient (Wildman–Crippen LogP) is 7.17. The van der Waals surface area contributed by atoms with Crippen LogP contribution in [0.15, 0.2) is 91.0 Å². The van der Waals surface area contributed by atoms with E-state index in [-0.39, 0.29) is 6.09 Å². The van der Waals surface area contributed by atoms with Crippen molar-refractivity contribution in [3.8, 4) is 23.0 Å². The smallest absolute Gasteiger partial charge is 0.410 e. The summed E-state index contributed by atoms with van der Waals surface area (Å²) < 4.78 is 20.0. The standard InChI is InChI=1S/C41H48N6O4/c1-41(2,3)51-40(48)46-23-21-45(22-24-46)26-32-19-20-47(27-32)33-15-16-34-36(25-33)44(4)43-38(34)35-17-18-37(49-28-30-11-7-5-8-12-30)42-39(35)50-29-31-13-9-6-10-14-31/h5-18,25,32H,19-24,26-29H2,1-4H3/t32-/m0/s1. The number of hydrogen-bond acceptors (Lipinski definition) is 8. The van der Waals surface area contributed by atoms with Gasteiger partial charge in [0.15, 0.2) is 0 Å². The van der Waals surface area contributed by atoms with Gasteiger partial charge in [-0.15, -0.1) is 0 Å². The SMILES string of the molecule is Cn1nc(-c2ccc(OCc3ccccc3)nc2OCc2ccccc2)c2ccc(N3CC[C@@H](CN4CCN(C(=O)OC(C)(C)C)CC4)C3)cc21. The van der Waals surface area contributed by atoms with Crippen LogP contribution in [0.5, 0.6) is 11.8 Å². The average molecular weight is 689 g/mol. The highest BCUT2D eigenvalue weighted by Gasteiger charge is 2.30. The Kier molecular flexibility index (Phi) is 10.1. The summed E-state index contributed by atoms with van der Waals surface area (Å²) in [6, 6.07) is 30.7. The van der Waals surface area contributed by atoms with Gasteiger partial charge in [-0.3, -0.25) is 9.58 Å². The average Bonchev–Trinajstić information content (AvgIpc) is 3.74. The normalized spacial score (nSPS) is 16.8. The quantitative estimate of drug-likeness (QED) is 0.153. The van der Waals surface area contributed by atoms with E-state index in [9.17, 15) is 4.79 Å². The van der Waals surface area contributed by atoms with Crippen molar-refractivity contribution >= 4 is 22.7 Å². The van der Waals surface area contributed by atoms with E-state index in [1.807, 2.05) is 110 Å². The molecular weight excluding hydrogens is 640 g/mol. The summed E-state index contributed by atoms with van der Waals surface area (Å²) in [6.07, 6.45) is 0.938. The Labute approximate surface area is 300 Å². The fourth-order valence-electron chi connectivity index (χ4n) is 6.91. The van der Waals surface area contributed by atoms with Crippen LogP contribution in [0.4, 0.5) is 10.5 Å². The summed E-state index contributed by atoms with van der Waals surface area (Å²) in [5.74, 6) is 1.57. The number of aromatic nitrogens is 3. The number of piperazine rings is 1. The molecule has 0 N–H and O–H groups in total. The summed E-state index contributed by atoms with van der Waals surface area (Å²) in [7, 11) is 1.99.